The van der Waals surface area contributed by atoms with E-state index in [1.807, 2.05) is 0 Å². The van der Waals surface area contributed by atoms with Gasteiger partial charge in [-0.15, -0.1) is 0 Å². The van der Waals surface area contributed by atoms with Gasteiger partial charge in [0.15, 0.2) is 0 Å². The highest BCUT2D eigenvalue weighted by atomic mass is 79.9. The van der Waals surface area contributed by atoms with Crippen LogP contribution >= 0.6 is 39.1 Å². The summed E-state index contributed by atoms with van der Waals surface area (Å²) in [7, 11) is 0. The summed E-state index contributed by atoms with van der Waals surface area (Å²) in [6.45, 7) is 0. The van der Waals surface area contributed by atoms with Gasteiger partial charge in [-0.25, -0.2) is 4.39 Å². The molecule has 0 fully saturated rings. The number of rotatable bonds is 1. The van der Waals surface area contributed by atoms with Crippen molar-refractivity contribution in [2.75, 3.05) is 0 Å². The Kier molecular flexibility index (Phi) is 3.00. The van der Waals surface area contributed by atoms with Crippen molar-refractivity contribution in [2.24, 2.45) is 0 Å². The lowest BCUT2D eigenvalue weighted by Crippen LogP contribution is -1.82. The lowest BCUT2D eigenvalue weighted by molar-refractivity contribution is 0.423. The van der Waals surface area contributed by atoms with Crippen LogP contribution in [0, 0.1) is 5.82 Å². The molecule has 78 valence electrons. The lowest BCUT2D eigenvalue weighted by Gasteiger charge is -1.99. The maximum absolute atomic E-state index is 12.8. The minimum Gasteiger partial charge on any atom is -0.343 e. The van der Waals surface area contributed by atoms with Crippen molar-refractivity contribution in [1.82, 2.24) is 5.16 Å². The van der Waals surface area contributed by atoms with Crippen molar-refractivity contribution in [3.8, 4) is 11.3 Å². The van der Waals surface area contributed by atoms with Gasteiger partial charge in [-0.2, -0.15) is 0 Å². The minimum atomic E-state index is -0.408. The van der Waals surface area contributed by atoms with Gasteiger partial charge < -0.3 is 4.52 Å². The number of benzene rings is 1. The van der Waals surface area contributed by atoms with E-state index < -0.39 is 5.82 Å². The van der Waals surface area contributed by atoms with Crippen molar-refractivity contribution < 1.29 is 8.91 Å². The Bertz CT molecular complexity index is 515. The van der Waals surface area contributed by atoms with Gasteiger partial charge in [-0.05, 0) is 45.7 Å². The van der Waals surface area contributed by atoms with Gasteiger partial charge in [0.05, 0.1) is 5.02 Å². The molecule has 0 aliphatic heterocycles. The molecule has 1 heterocycles. The van der Waals surface area contributed by atoms with E-state index in [9.17, 15) is 4.39 Å². The monoisotopic (exact) mass is 309 g/mol. The first-order valence-electron chi connectivity index (χ1n) is 3.85. The second-order valence-corrected chi connectivity index (χ2v) is 4.29. The maximum Gasteiger partial charge on any atom is 0.240 e. The van der Waals surface area contributed by atoms with Gasteiger partial charge in [0, 0.05) is 5.56 Å². The van der Waals surface area contributed by atoms with Gasteiger partial charge in [-0.3, -0.25) is 0 Å². The summed E-state index contributed by atoms with van der Waals surface area (Å²) in [5, 5.41) is 4.10. The second kappa shape index (κ2) is 4.12. The fourth-order valence-corrected chi connectivity index (χ4v) is 1.85. The topological polar surface area (TPSA) is 26.0 Å². The molecule has 0 atom stereocenters. The highest BCUT2D eigenvalue weighted by Crippen LogP contribution is 2.36. The number of halogens is 4. The van der Waals surface area contributed by atoms with E-state index in [1.165, 1.54) is 18.2 Å². The molecule has 0 aliphatic rings. The second-order valence-electron chi connectivity index (χ2n) is 2.74. The molecule has 0 bridgehead atoms. The van der Waals surface area contributed by atoms with Gasteiger partial charge in [0.1, 0.15) is 16.0 Å². The number of aromatic nitrogens is 1. The third kappa shape index (κ3) is 2.02. The molecule has 2 rings (SSSR count). The Hall–Kier alpha value is -0.580. The highest BCUT2D eigenvalue weighted by molar-refractivity contribution is 9.10. The van der Waals surface area contributed by atoms with Crippen LogP contribution in [0.25, 0.3) is 11.3 Å². The number of hydrogen-bond donors (Lipinski definition) is 0. The van der Waals surface area contributed by atoms with Crippen LogP contribution in [0.4, 0.5) is 4.39 Å². The van der Waals surface area contributed by atoms with E-state index >= 15 is 0 Å². The van der Waals surface area contributed by atoms with Gasteiger partial charge >= 0.3 is 0 Å². The Morgan fingerprint density at radius 3 is 2.60 bits per heavy atom. The molecule has 1 aromatic heterocycles. The molecule has 6 heteroatoms. The van der Waals surface area contributed by atoms with E-state index in [4.69, 9.17) is 27.7 Å². The molecule has 2 aromatic rings. The molecular formula is C9H3BrCl2FNO. The third-order valence-electron chi connectivity index (χ3n) is 1.78. The molecular weight excluding hydrogens is 308 g/mol. The van der Waals surface area contributed by atoms with Crippen LogP contribution in [-0.2, 0) is 0 Å². The minimum absolute atomic E-state index is 0.130. The third-order valence-corrected chi connectivity index (χ3v) is 3.32. The Morgan fingerprint density at radius 2 is 2.07 bits per heavy atom. The van der Waals surface area contributed by atoms with E-state index in [1.54, 1.807) is 0 Å². The standard InChI is InChI=1S/C9H3BrCl2FNO/c10-7-8(14-15-9(7)12)5-2-1-4(13)3-6(5)11/h1-3H. The van der Waals surface area contributed by atoms with Crippen LogP contribution < -0.4 is 0 Å². The Balaban J connectivity index is 2.59. The summed E-state index contributed by atoms with van der Waals surface area (Å²) in [4.78, 5) is 0. The maximum atomic E-state index is 12.8. The molecule has 15 heavy (non-hydrogen) atoms. The average Bonchev–Trinajstić information content (AvgIpc) is 2.49. The van der Waals surface area contributed by atoms with E-state index in [2.05, 4.69) is 21.1 Å². The molecule has 0 amide bonds. The molecule has 0 saturated heterocycles. The van der Waals surface area contributed by atoms with Crippen molar-refractivity contribution in [3.63, 3.8) is 0 Å². The molecule has 0 unspecified atom stereocenters. The lowest BCUT2D eigenvalue weighted by atomic mass is 10.1. The summed E-state index contributed by atoms with van der Waals surface area (Å²) in [5.41, 5.74) is 1.01. The van der Waals surface area contributed by atoms with Crippen LogP contribution in [0.5, 0.6) is 0 Å². The smallest absolute Gasteiger partial charge is 0.240 e. The highest BCUT2D eigenvalue weighted by Gasteiger charge is 2.16. The Morgan fingerprint density at radius 1 is 1.33 bits per heavy atom. The normalized spacial score (nSPS) is 10.7. The molecule has 2 nitrogen and oxygen atoms in total. The van der Waals surface area contributed by atoms with Crippen LogP contribution in [-0.4, -0.2) is 5.16 Å². The quantitative estimate of drug-likeness (QED) is 0.772. The predicted molar refractivity (Wildman–Crippen MR) is 59.6 cm³/mol. The fourth-order valence-electron chi connectivity index (χ4n) is 1.11. The number of nitrogens with zero attached hydrogens (tertiary/aromatic N) is 1. The first kappa shape index (κ1) is 10.9. The molecule has 0 spiro atoms. The van der Waals surface area contributed by atoms with Crippen molar-refractivity contribution >= 4 is 39.1 Å². The van der Waals surface area contributed by atoms with Crippen LogP contribution in [0.15, 0.2) is 27.2 Å². The zero-order chi connectivity index (χ0) is 11.0. The summed E-state index contributed by atoms with van der Waals surface area (Å²) >= 11 is 14.7. The zero-order valence-corrected chi connectivity index (χ0v) is 10.2. The van der Waals surface area contributed by atoms with E-state index in [0.29, 0.717) is 15.7 Å². The van der Waals surface area contributed by atoms with Gasteiger partial charge in [0.2, 0.25) is 5.22 Å². The summed E-state index contributed by atoms with van der Waals surface area (Å²) in [6.07, 6.45) is 0. The molecule has 1 aromatic carbocycles. The first-order valence-corrected chi connectivity index (χ1v) is 5.40. The Labute approximate surface area is 103 Å². The predicted octanol–water partition coefficient (Wildman–Crippen LogP) is 4.55. The van der Waals surface area contributed by atoms with E-state index in [-0.39, 0.29) is 10.2 Å². The van der Waals surface area contributed by atoms with Gasteiger partial charge in [-0.1, -0.05) is 16.8 Å². The molecule has 0 radical (unpaired) electrons. The first-order chi connectivity index (χ1) is 7.09. The number of hydrogen-bond acceptors (Lipinski definition) is 2. The van der Waals surface area contributed by atoms with Crippen molar-refractivity contribution in [1.29, 1.82) is 0 Å². The average molecular weight is 311 g/mol. The summed E-state index contributed by atoms with van der Waals surface area (Å²) < 4.78 is 18.1. The van der Waals surface area contributed by atoms with Gasteiger partial charge in [0.25, 0.3) is 0 Å². The van der Waals surface area contributed by atoms with Crippen LogP contribution in [0.2, 0.25) is 10.2 Å². The SMILES string of the molecule is Fc1ccc(-c2noc(Cl)c2Br)c(Cl)c1. The molecule has 0 N–H and O–H groups in total. The summed E-state index contributed by atoms with van der Waals surface area (Å²) in [5.74, 6) is -0.408. The van der Waals surface area contributed by atoms with Crippen molar-refractivity contribution in [2.45, 2.75) is 0 Å². The van der Waals surface area contributed by atoms with Crippen molar-refractivity contribution in [3.05, 3.63) is 38.7 Å². The molecule has 0 aliphatic carbocycles. The zero-order valence-electron chi connectivity index (χ0n) is 7.10. The largest absolute Gasteiger partial charge is 0.343 e. The van der Waals surface area contributed by atoms with Crippen LogP contribution in [0.1, 0.15) is 0 Å². The summed E-state index contributed by atoms with van der Waals surface area (Å²) in [6, 6.07) is 4.00. The van der Waals surface area contributed by atoms with Crippen LogP contribution in [0.3, 0.4) is 0 Å². The fraction of sp³-hybridized carbons (Fsp3) is 0. The van der Waals surface area contributed by atoms with E-state index in [0.717, 1.165) is 0 Å². The molecule has 0 saturated carbocycles.